The summed E-state index contributed by atoms with van der Waals surface area (Å²) in [6, 6.07) is 17.9. The van der Waals surface area contributed by atoms with Gasteiger partial charge < -0.3 is 0 Å². The molecule has 1 heteroatoms. The van der Waals surface area contributed by atoms with E-state index in [9.17, 15) is 0 Å². The molecule has 1 aliphatic carbocycles. The van der Waals surface area contributed by atoms with E-state index < -0.39 is 0 Å². The van der Waals surface area contributed by atoms with Crippen LogP contribution in [0.3, 0.4) is 0 Å². The Labute approximate surface area is 216 Å². The van der Waals surface area contributed by atoms with Gasteiger partial charge in [-0.15, -0.1) is 0 Å². The molecular weight excluding hydrogens is 422 g/mol. The molecule has 190 valence electrons. The van der Waals surface area contributed by atoms with Crippen molar-refractivity contribution in [2.45, 2.75) is 101 Å². The Morgan fingerprint density at radius 3 is 1.71 bits per heavy atom. The Hall–Kier alpha value is -2.41. The molecule has 0 saturated heterocycles. The lowest BCUT2D eigenvalue weighted by molar-refractivity contribution is 0.125. The minimum absolute atomic E-state index is 0.103. The van der Waals surface area contributed by atoms with E-state index in [-0.39, 0.29) is 16.2 Å². The lowest BCUT2D eigenvalue weighted by Gasteiger charge is -2.44. The smallest absolute Gasteiger partial charge is 0.0708 e. The Morgan fingerprint density at radius 1 is 0.657 bits per heavy atom. The first-order valence-corrected chi connectivity index (χ1v) is 13.4. The van der Waals surface area contributed by atoms with Gasteiger partial charge in [-0.3, -0.25) is 4.98 Å². The second-order valence-electron chi connectivity index (χ2n) is 12.1. The monoisotopic (exact) mass is 471 g/mol. The molecule has 1 nitrogen and oxygen atoms in total. The zero-order valence-corrected chi connectivity index (χ0v) is 24.7. The summed E-state index contributed by atoms with van der Waals surface area (Å²) in [7, 11) is 0. The van der Waals surface area contributed by atoms with Gasteiger partial charge in [0, 0.05) is 11.8 Å². The van der Waals surface area contributed by atoms with Crippen LogP contribution in [0.5, 0.6) is 0 Å². The molecule has 1 heterocycles. The van der Waals surface area contributed by atoms with E-state index in [1.807, 2.05) is 20.0 Å². The van der Waals surface area contributed by atoms with Crippen LogP contribution in [0.1, 0.15) is 98.4 Å². The zero-order valence-electron chi connectivity index (χ0n) is 24.7. The highest BCUT2D eigenvalue weighted by Gasteiger charge is 2.56. The van der Waals surface area contributed by atoms with Crippen LogP contribution < -0.4 is 0 Å². The predicted molar refractivity (Wildman–Crippen MR) is 156 cm³/mol. The first kappa shape index (κ1) is 28.8. The van der Waals surface area contributed by atoms with Crippen LogP contribution in [0.4, 0.5) is 0 Å². The van der Waals surface area contributed by atoms with Gasteiger partial charge in [0.25, 0.3) is 0 Å². The molecule has 0 bridgehead atoms. The third-order valence-corrected chi connectivity index (χ3v) is 8.32. The SMILES string of the molecule is CC.CC(C)C.Cc1cccc(C)c1-c1ccnc(-c2ccc3c(c2)C(C)(C)C(C)(C)C3(C)C)c1. The van der Waals surface area contributed by atoms with Crippen LogP contribution in [0.15, 0.2) is 54.7 Å². The maximum absolute atomic E-state index is 4.74. The normalized spacial score (nSPS) is 16.5. The van der Waals surface area contributed by atoms with Crippen LogP contribution in [-0.4, -0.2) is 4.98 Å². The summed E-state index contributed by atoms with van der Waals surface area (Å²) in [6.07, 6.45) is 1.95. The van der Waals surface area contributed by atoms with Gasteiger partial charge in [0.15, 0.2) is 0 Å². The summed E-state index contributed by atoms with van der Waals surface area (Å²) < 4.78 is 0. The van der Waals surface area contributed by atoms with E-state index in [0.717, 1.165) is 11.6 Å². The largest absolute Gasteiger partial charge is 0.256 e. The maximum atomic E-state index is 4.74. The Balaban J connectivity index is 0.000000655. The fraction of sp³-hybridized carbons (Fsp3) is 0.500. The molecule has 0 unspecified atom stereocenters. The van der Waals surface area contributed by atoms with E-state index in [2.05, 4.69) is 125 Å². The quantitative estimate of drug-likeness (QED) is 0.362. The molecule has 35 heavy (non-hydrogen) atoms. The topological polar surface area (TPSA) is 12.9 Å². The number of fused-ring (bicyclic) bond motifs is 1. The Bertz CT molecular complexity index is 1120. The van der Waals surface area contributed by atoms with Gasteiger partial charge in [-0.05, 0) is 87.6 Å². The van der Waals surface area contributed by atoms with E-state index in [1.54, 1.807) is 0 Å². The zero-order chi connectivity index (χ0) is 26.8. The molecule has 1 aliphatic rings. The first-order chi connectivity index (χ1) is 16.2. The van der Waals surface area contributed by atoms with Crippen molar-refractivity contribution < 1.29 is 0 Å². The van der Waals surface area contributed by atoms with Crippen molar-refractivity contribution >= 4 is 0 Å². The van der Waals surface area contributed by atoms with Crippen molar-refractivity contribution in [2.75, 3.05) is 0 Å². The first-order valence-electron chi connectivity index (χ1n) is 13.4. The molecule has 2 aromatic carbocycles. The number of hydrogen-bond donors (Lipinski definition) is 0. The van der Waals surface area contributed by atoms with E-state index in [1.165, 1.54) is 38.9 Å². The number of benzene rings is 2. The number of pyridine rings is 1. The molecule has 4 rings (SSSR count). The molecule has 0 N–H and O–H groups in total. The van der Waals surface area contributed by atoms with E-state index >= 15 is 0 Å². The standard InChI is InChI=1S/C28H33N.C4H10.C2H6/c1-18-10-9-11-19(2)25(18)21-14-15-29-24(17-21)20-12-13-22-23(16-20)27(5,6)28(7,8)26(22,3)4;1-4(2)3;1-2/h9-17H,1-8H3;4H,1-3H3;1-2H3. The molecule has 0 fully saturated rings. The highest BCUT2D eigenvalue weighted by molar-refractivity contribution is 5.75. The van der Waals surface area contributed by atoms with Gasteiger partial charge in [0.2, 0.25) is 0 Å². The highest BCUT2D eigenvalue weighted by atomic mass is 14.7. The number of rotatable bonds is 2. The molecule has 0 spiro atoms. The number of aryl methyl sites for hydroxylation is 2. The summed E-state index contributed by atoms with van der Waals surface area (Å²) in [6.45, 7) is 29.3. The van der Waals surface area contributed by atoms with Gasteiger partial charge in [0.1, 0.15) is 0 Å². The summed E-state index contributed by atoms with van der Waals surface area (Å²) in [5.74, 6) is 0.833. The average Bonchev–Trinajstić information content (AvgIpc) is 2.89. The van der Waals surface area contributed by atoms with Crippen LogP contribution in [0.25, 0.3) is 22.4 Å². The lowest BCUT2D eigenvalue weighted by Crippen LogP contribution is -2.42. The fourth-order valence-corrected chi connectivity index (χ4v) is 5.23. The molecular formula is C34H49N. The second-order valence-corrected chi connectivity index (χ2v) is 12.1. The van der Waals surface area contributed by atoms with Gasteiger partial charge in [-0.1, -0.05) is 106 Å². The highest BCUT2D eigenvalue weighted by Crippen LogP contribution is 2.61. The Kier molecular flexibility index (Phi) is 8.80. The minimum Gasteiger partial charge on any atom is -0.256 e. The van der Waals surface area contributed by atoms with Crippen LogP contribution in [0, 0.1) is 25.2 Å². The molecule has 0 amide bonds. The third-order valence-electron chi connectivity index (χ3n) is 8.32. The van der Waals surface area contributed by atoms with Gasteiger partial charge >= 0.3 is 0 Å². The summed E-state index contributed by atoms with van der Waals surface area (Å²) in [5.41, 5.74) is 10.8. The molecule has 0 aliphatic heterocycles. The molecule has 0 atom stereocenters. The number of hydrogen-bond acceptors (Lipinski definition) is 1. The van der Waals surface area contributed by atoms with Crippen LogP contribution in [-0.2, 0) is 10.8 Å². The maximum Gasteiger partial charge on any atom is 0.0708 e. The van der Waals surface area contributed by atoms with Gasteiger partial charge in [-0.2, -0.15) is 0 Å². The molecule has 1 aromatic heterocycles. The summed E-state index contributed by atoms with van der Waals surface area (Å²) in [5, 5.41) is 0. The molecule has 0 saturated carbocycles. The minimum atomic E-state index is 0.103. The lowest BCUT2D eigenvalue weighted by atomic mass is 9.59. The predicted octanol–water partition coefficient (Wildman–Crippen LogP) is 10.3. The van der Waals surface area contributed by atoms with Crippen molar-refractivity contribution in [3.63, 3.8) is 0 Å². The van der Waals surface area contributed by atoms with E-state index in [4.69, 9.17) is 4.98 Å². The van der Waals surface area contributed by atoms with Gasteiger partial charge in [-0.25, -0.2) is 0 Å². The van der Waals surface area contributed by atoms with Crippen molar-refractivity contribution in [3.05, 3.63) is 77.0 Å². The van der Waals surface area contributed by atoms with Crippen molar-refractivity contribution in [3.8, 4) is 22.4 Å². The second kappa shape index (κ2) is 10.7. The fourth-order valence-electron chi connectivity index (χ4n) is 5.23. The number of nitrogens with zero attached hydrogens (tertiary/aromatic N) is 1. The van der Waals surface area contributed by atoms with Crippen molar-refractivity contribution in [1.29, 1.82) is 0 Å². The van der Waals surface area contributed by atoms with Gasteiger partial charge in [0.05, 0.1) is 5.69 Å². The molecule has 0 radical (unpaired) electrons. The third kappa shape index (κ3) is 5.25. The number of aromatic nitrogens is 1. The van der Waals surface area contributed by atoms with Crippen molar-refractivity contribution in [2.24, 2.45) is 11.3 Å². The van der Waals surface area contributed by atoms with Crippen molar-refractivity contribution in [1.82, 2.24) is 4.98 Å². The summed E-state index contributed by atoms with van der Waals surface area (Å²) >= 11 is 0. The summed E-state index contributed by atoms with van der Waals surface area (Å²) in [4.78, 5) is 4.74. The van der Waals surface area contributed by atoms with Crippen LogP contribution in [0.2, 0.25) is 0 Å². The Morgan fingerprint density at radius 2 is 1.17 bits per heavy atom. The van der Waals surface area contributed by atoms with Crippen LogP contribution >= 0.6 is 0 Å². The van der Waals surface area contributed by atoms with E-state index in [0.29, 0.717) is 0 Å². The average molecular weight is 472 g/mol. The molecule has 3 aromatic rings.